The lowest BCUT2D eigenvalue weighted by atomic mass is 10.4. The molecule has 0 bridgehead atoms. The van der Waals surface area contributed by atoms with Crippen LogP contribution in [0.15, 0.2) is 39.7 Å². The van der Waals surface area contributed by atoms with Crippen molar-refractivity contribution in [1.82, 2.24) is 13.7 Å². The maximum absolute atomic E-state index is 12.5. The van der Waals surface area contributed by atoms with Crippen LogP contribution in [0.25, 0.3) is 0 Å². The maximum atomic E-state index is 12.5. The molecule has 0 aliphatic heterocycles. The first-order chi connectivity index (χ1) is 11.9. The highest BCUT2D eigenvalue weighted by Crippen LogP contribution is 2.19. The Balaban J connectivity index is 3.25. The zero-order valence-corrected chi connectivity index (χ0v) is 16.2. The van der Waals surface area contributed by atoms with E-state index in [4.69, 9.17) is 8.85 Å². The summed E-state index contributed by atoms with van der Waals surface area (Å²) < 4.78 is 14.2. The van der Waals surface area contributed by atoms with Gasteiger partial charge in [0.15, 0.2) is 0 Å². The first-order valence-corrected chi connectivity index (χ1v) is 10.4. The zero-order valence-electron chi connectivity index (χ0n) is 15.2. The average molecular weight is 369 g/mol. The summed E-state index contributed by atoms with van der Waals surface area (Å²) >= 11 is 0. The van der Waals surface area contributed by atoms with E-state index in [9.17, 15) is 14.4 Å². The van der Waals surface area contributed by atoms with Crippen LogP contribution in [-0.4, -0.2) is 36.5 Å². The van der Waals surface area contributed by atoms with Crippen molar-refractivity contribution in [3.8, 4) is 0 Å². The lowest BCUT2D eigenvalue weighted by Crippen LogP contribution is -2.54. The molecule has 0 saturated carbocycles. The summed E-state index contributed by atoms with van der Waals surface area (Å²) in [6.45, 7) is 9.36. The van der Waals surface area contributed by atoms with Gasteiger partial charge in [-0.05, 0) is 18.5 Å². The summed E-state index contributed by atoms with van der Waals surface area (Å²) in [6, 6.07) is 1.41. The standard InChI is InChI=1S/C16H27N3O5Si/c1-6-10-17-14(20)18(11-7-2)16(22)19(15(17)21)12-9-13-25(8-3,23-4)24-5/h6-7H,1-2,8-13H2,3-5H3. The molecule has 0 N–H and O–H groups in total. The molecule has 25 heavy (non-hydrogen) atoms. The molecule has 0 aromatic carbocycles. The quantitative estimate of drug-likeness (QED) is 0.423. The van der Waals surface area contributed by atoms with Crippen molar-refractivity contribution >= 4 is 8.56 Å². The number of nitrogens with zero attached hydrogens (tertiary/aromatic N) is 3. The van der Waals surface area contributed by atoms with Crippen LogP contribution in [0.5, 0.6) is 0 Å². The molecular weight excluding hydrogens is 342 g/mol. The van der Waals surface area contributed by atoms with Gasteiger partial charge in [-0.3, -0.25) is 0 Å². The minimum Gasteiger partial charge on any atom is -0.398 e. The molecule has 1 aromatic heterocycles. The molecule has 140 valence electrons. The van der Waals surface area contributed by atoms with Gasteiger partial charge in [0.05, 0.1) is 13.1 Å². The zero-order chi connectivity index (χ0) is 19.0. The third-order valence-electron chi connectivity index (χ3n) is 4.23. The highest BCUT2D eigenvalue weighted by molar-refractivity contribution is 6.67. The Hall–Kier alpha value is -1.97. The Morgan fingerprint density at radius 2 is 1.36 bits per heavy atom. The predicted molar refractivity (Wildman–Crippen MR) is 99.3 cm³/mol. The lowest BCUT2D eigenvalue weighted by molar-refractivity contribution is 0.240. The smallest absolute Gasteiger partial charge is 0.337 e. The van der Waals surface area contributed by atoms with Crippen LogP contribution in [0.1, 0.15) is 13.3 Å². The fourth-order valence-electron chi connectivity index (χ4n) is 2.70. The van der Waals surface area contributed by atoms with Crippen LogP contribution in [0.2, 0.25) is 12.1 Å². The molecule has 0 saturated heterocycles. The Bertz CT molecular complexity index is 717. The van der Waals surface area contributed by atoms with Gasteiger partial charge in [0, 0.05) is 20.8 Å². The van der Waals surface area contributed by atoms with Crippen molar-refractivity contribution in [2.24, 2.45) is 0 Å². The van der Waals surface area contributed by atoms with Crippen LogP contribution in [0.3, 0.4) is 0 Å². The number of allylic oxidation sites excluding steroid dienone is 2. The second-order valence-corrected chi connectivity index (χ2v) is 9.42. The lowest BCUT2D eigenvalue weighted by Gasteiger charge is -2.26. The van der Waals surface area contributed by atoms with Crippen LogP contribution in [0, 0.1) is 0 Å². The van der Waals surface area contributed by atoms with Gasteiger partial charge in [0.1, 0.15) is 0 Å². The summed E-state index contributed by atoms with van der Waals surface area (Å²) in [5.74, 6) is 0. The number of aromatic nitrogens is 3. The van der Waals surface area contributed by atoms with E-state index in [0.29, 0.717) is 12.5 Å². The SMILES string of the molecule is C=CCn1c(=O)n(CC=C)c(=O)n(CCC[Si](CC)(OC)OC)c1=O. The average Bonchev–Trinajstić information content (AvgIpc) is 2.62. The number of hydrogen-bond acceptors (Lipinski definition) is 5. The van der Waals surface area contributed by atoms with Gasteiger partial charge in [-0.2, -0.15) is 0 Å². The van der Waals surface area contributed by atoms with Crippen molar-refractivity contribution in [2.75, 3.05) is 14.2 Å². The van der Waals surface area contributed by atoms with E-state index in [1.807, 2.05) is 6.92 Å². The fraction of sp³-hybridized carbons (Fsp3) is 0.562. The number of rotatable bonds is 11. The predicted octanol–water partition coefficient (Wildman–Crippen LogP) is 0.689. The van der Waals surface area contributed by atoms with Gasteiger partial charge in [0.2, 0.25) is 0 Å². The van der Waals surface area contributed by atoms with E-state index in [2.05, 4.69) is 13.2 Å². The first kappa shape index (κ1) is 21.1. The molecule has 0 atom stereocenters. The largest absolute Gasteiger partial charge is 0.398 e. The van der Waals surface area contributed by atoms with Crippen LogP contribution >= 0.6 is 0 Å². The summed E-state index contributed by atoms with van der Waals surface area (Å²) in [4.78, 5) is 37.3. The molecule has 1 rings (SSSR count). The molecule has 1 aromatic rings. The van der Waals surface area contributed by atoms with E-state index in [1.54, 1.807) is 14.2 Å². The van der Waals surface area contributed by atoms with Crippen molar-refractivity contribution in [3.63, 3.8) is 0 Å². The minimum absolute atomic E-state index is 0.0406. The Morgan fingerprint density at radius 1 is 0.920 bits per heavy atom. The third kappa shape index (κ3) is 4.56. The van der Waals surface area contributed by atoms with Gasteiger partial charge < -0.3 is 8.85 Å². The Kier molecular flexibility index (Phi) is 8.00. The molecule has 0 amide bonds. The van der Waals surface area contributed by atoms with E-state index in [-0.39, 0.29) is 19.6 Å². The molecule has 0 spiro atoms. The van der Waals surface area contributed by atoms with Gasteiger partial charge in [-0.25, -0.2) is 28.1 Å². The number of hydrogen-bond donors (Lipinski definition) is 0. The van der Waals surface area contributed by atoms with Crippen LogP contribution in [0.4, 0.5) is 0 Å². The normalized spacial score (nSPS) is 11.5. The summed E-state index contributed by atoms with van der Waals surface area (Å²) in [5, 5.41) is 0. The molecular formula is C16H27N3O5Si. The van der Waals surface area contributed by atoms with E-state index in [1.165, 1.54) is 12.2 Å². The molecule has 0 radical (unpaired) electrons. The van der Waals surface area contributed by atoms with Crippen molar-refractivity contribution < 1.29 is 8.85 Å². The van der Waals surface area contributed by atoms with Crippen molar-refractivity contribution in [2.45, 2.75) is 45.1 Å². The molecule has 0 unspecified atom stereocenters. The third-order valence-corrected chi connectivity index (χ3v) is 7.91. The van der Waals surface area contributed by atoms with E-state index in [0.717, 1.165) is 19.7 Å². The second-order valence-electron chi connectivity index (χ2n) is 5.57. The molecule has 9 heteroatoms. The molecule has 0 fully saturated rings. The Morgan fingerprint density at radius 3 is 1.72 bits per heavy atom. The van der Waals surface area contributed by atoms with Gasteiger partial charge in [0.25, 0.3) is 0 Å². The molecule has 8 nitrogen and oxygen atoms in total. The summed E-state index contributed by atoms with van der Waals surface area (Å²) in [5.41, 5.74) is -1.92. The topological polar surface area (TPSA) is 84.5 Å². The van der Waals surface area contributed by atoms with Crippen LogP contribution < -0.4 is 17.1 Å². The van der Waals surface area contributed by atoms with Gasteiger partial charge >= 0.3 is 25.6 Å². The molecule has 0 aliphatic carbocycles. The summed E-state index contributed by atoms with van der Waals surface area (Å²) in [7, 11) is 0.936. The van der Waals surface area contributed by atoms with E-state index >= 15 is 0 Å². The van der Waals surface area contributed by atoms with E-state index < -0.39 is 25.6 Å². The maximum Gasteiger partial charge on any atom is 0.337 e. The van der Waals surface area contributed by atoms with Gasteiger partial charge in [-0.15, -0.1) is 13.2 Å². The fourth-order valence-corrected chi connectivity index (χ4v) is 4.91. The van der Waals surface area contributed by atoms with Crippen molar-refractivity contribution in [3.05, 3.63) is 56.8 Å². The van der Waals surface area contributed by atoms with Crippen molar-refractivity contribution in [1.29, 1.82) is 0 Å². The second kappa shape index (κ2) is 9.49. The highest BCUT2D eigenvalue weighted by atomic mass is 28.4. The minimum atomic E-state index is -2.30. The molecule has 1 heterocycles. The first-order valence-electron chi connectivity index (χ1n) is 8.17. The van der Waals surface area contributed by atoms with Crippen LogP contribution in [-0.2, 0) is 28.5 Å². The monoisotopic (exact) mass is 369 g/mol. The van der Waals surface area contributed by atoms with Gasteiger partial charge in [-0.1, -0.05) is 19.1 Å². The Labute approximate surface area is 147 Å². The highest BCUT2D eigenvalue weighted by Gasteiger charge is 2.32. The summed E-state index contributed by atoms with van der Waals surface area (Å²) in [6.07, 6.45) is 3.43. The molecule has 0 aliphatic rings.